The van der Waals surface area contributed by atoms with Crippen LogP contribution < -0.4 is 0 Å². The molecule has 0 spiro atoms. The van der Waals surface area contributed by atoms with Crippen molar-refractivity contribution < 1.29 is 13.9 Å². The number of esters is 1. The van der Waals surface area contributed by atoms with Crippen LogP contribution in [0.3, 0.4) is 0 Å². The molecule has 0 fully saturated rings. The van der Waals surface area contributed by atoms with Crippen molar-refractivity contribution in [3.63, 3.8) is 0 Å². The van der Waals surface area contributed by atoms with Gasteiger partial charge in [-0.2, -0.15) is 0 Å². The SMILES string of the molecule is Cc1c(C(=O)OCc2nc3ccccc3s2)oc2ccccc12. The summed E-state index contributed by atoms with van der Waals surface area (Å²) in [7, 11) is 0. The molecule has 114 valence electrons. The van der Waals surface area contributed by atoms with Crippen molar-refractivity contribution in [1.29, 1.82) is 0 Å². The molecule has 0 amide bonds. The number of aryl methyl sites for hydroxylation is 1. The fourth-order valence-electron chi connectivity index (χ4n) is 2.54. The average Bonchev–Trinajstić information content (AvgIpc) is 3.14. The number of ether oxygens (including phenoxy) is 1. The van der Waals surface area contributed by atoms with E-state index in [2.05, 4.69) is 4.98 Å². The highest BCUT2D eigenvalue weighted by molar-refractivity contribution is 7.18. The lowest BCUT2D eigenvalue weighted by Gasteiger charge is -2.00. The molecule has 0 atom stereocenters. The van der Waals surface area contributed by atoms with E-state index in [9.17, 15) is 4.79 Å². The molecule has 0 aliphatic heterocycles. The molecule has 0 bridgehead atoms. The largest absolute Gasteiger partial charge is 0.452 e. The molecule has 0 saturated heterocycles. The maximum atomic E-state index is 12.3. The fraction of sp³-hybridized carbons (Fsp3) is 0.111. The Labute approximate surface area is 136 Å². The van der Waals surface area contributed by atoms with Crippen LogP contribution in [0.25, 0.3) is 21.2 Å². The van der Waals surface area contributed by atoms with Crippen LogP contribution in [-0.2, 0) is 11.3 Å². The highest BCUT2D eigenvalue weighted by Crippen LogP contribution is 2.26. The Balaban J connectivity index is 1.56. The quantitative estimate of drug-likeness (QED) is 0.512. The number of fused-ring (bicyclic) bond motifs is 2. The van der Waals surface area contributed by atoms with Crippen LogP contribution in [0.15, 0.2) is 52.9 Å². The zero-order chi connectivity index (χ0) is 15.8. The first kappa shape index (κ1) is 14.0. The van der Waals surface area contributed by atoms with E-state index in [0.717, 1.165) is 26.2 Å². The molecule has 0 aliphatic carbocycles. The Morgan fingerprint density at radius 3 is 2.78 bits per heavy atom. The molecule has 0 aliphatic rings. The minimum atomic E-state index is -0.460. The zero-order valence-electron chi connectivity index (χ0n) is 12.4. The van der Waals surface area contributed by atoms with E-state index in [1.807, 2.05) is 55.5 Å². The summed E-state index contributed by atoms with van der Waals surface area (Å²) in [6.45, 7) is 2.01. The van der Waals surface area contributed by atoms with Gasteiger partial charge in [0.2, 0.25) is 5.76 Å². The van der Waals surface area contributed by atoms with Gasteiger partial charge in [-0.15, -0.1) is 11.3 Å². The lowest BCUT2D eigenvalue weighted by Crippen LogP contribution is -2.05. The van der Waals surface area contributed by atoms with Crippen LogP contribution in [-0.4, -0.2) is 11.0 Å². The van der Waals surface area contributed by atoms with Crippen molar-refractivity contribution in [2.45, 2.75) is 13.5 Å². The summed E-state index contributed by atoms with van der Waals surface area (Å²) in [6, 6.07) is 15.4. The predicted octanol–water partition coefficient (Wildman–Crippen LogP) is 4.71. The van der Waals surface area contributed by atoms with Crippen LogP contribution in [0.1, 0.15) is 21.1 Å². The van der Waals surface area contributed by atoms with Gasteiger partial charge >= 0.3 is 5.97 Å². The van der Waals surface area contributed by atoms with E-state index >= 15 is 0 Å². The third-order valence-corrected chi connectivity index (χ3v) is 4.70. The van der Waals surface area contributed by atoms with Gasteiger partial charge in [0, 0.05) is 10.9 Å². The highest BCUT2D eigenvalue weighted by Gasteiger charge is 2.19. The number of thiazole rings is 1. The molecule has 0 unspecified atom stereocenters. The number of furan rings is 1. The number of aromatic nitrogens is 1. The second-order valence-electron chi connectivity index (χ2n) is 5.20. The van der Waals surface area contributed by atoms with Crippen molar-refractivity contribution in [2.24, 2.45) is 0 Å². The van der Waals surface area contributed by atoms with E-state index in [1.54, 1.807) is 0 Å². The number of hydrogen-bond donors (Lipinski definition) is 0. The summed E-state index contributed by atoms with van der Waals surface area (Å²) in [5, 5.41) is 1.70. The van der Waals surface area contributed by atoms with Crippen LogP contribution in [0, 0.1) is 6.92 Å². The van der Waals surface area contributed by atoms with E-state index in [1.165, 1.54) is 11.3 Å². The smallest absolute Gasteiger partial charge is 0.374 e. The van der Waals surface area contributed by atoms with Crippen molar-refractivity contribution in [2.75, 3.05) is 0 Å². The van der Waals surface area contributed by atoms with Gasteiger partial charge in [-0.05, 0) is 25.1 Å². The van der Waals surface area contributed by atoms with Crippen molar-refractivity contribution >= 4 is 38.5 Å². The summed E-state index contributed by atoms with van der Waals surface area (Å²) in [5.41, 5.74) is 2.41. The highest BCUT2D eigenvalue weighted by atomic mass is 32.1. The minimum Gasteiger partial charge on any atom is -0.452 e. The monoisotopic (exact) mass is 323 g/mol. The third kappa shape index (κ3) is 2.49. The van der Waals surface area contributed by atoms with E-state index < -0.39 is 5.97 Å². The maximum absolute atomic E-state index is 12.3. The number of carbonyl (C=O) groups is 1. The lowest BCUT2D eigenvalue weighted by molar-refractivity contribution is 0.0437. The first-order valence-electron chi connectivity index (χ1n) is 7.22. The first-order valence-corrected chi connectivity index (χ1v) is 8.04. The number of carbonyl (C=O) groups excluding carboxylic acids is 1. The molecular weight excluding hydrogens is 310 g/mol. The number of hydrogen-bond acceptors (Lipinski definition) is 5. The topological polar surface area (TPSA) is 52.3 Å². The molecule has 23 heavy (non-hydrogen) atoms. The molecule has 5 heteroatoms. The molecule has 4 aromatic rings. The number of para-hydroxylation sites is 2. The van der Waals surface area contributed by atoms with Crippen LogP contribution >= 0.6 is 11.3 Å². The van der Waals surface area contributed by atoms with Gasteiger partial charge in [0.25, 0.3) is 0 Å². The van der Waals surface area contributed by atoms with Gasteiger partial charge in [0.05, 0.1) is 10.2 Å². The van der Waals surface area contributed by atoms with Gasteiger partial charge in [-0.25, -0.2) is 9.78 Å². The van der Waals surface area contributed by atoms with Crippen molar-refractivity contribution in [3.8, 4) is 0 Å². The second kappa shape index (κ2) is 5.52. The van der Waals surface area contributed by atoms with E-state index in [0.29, 0.717) is 5.58 Å². The van der Waals surface area contributed by atoms with Gasteiger partial charge in [-0.3, -0.25) is 0 Å². The predicted molar refractivity (Wildman–Crippen MR) is 89.7 cm³/mol. The molecule has 2 heterocycles. The normalized spacial score (nSPS) is 11.2. The summed E-state index contributed by atoms with van der Waals surface area (Å²) >= 11 is 1.52. The Bertz CT molecular complexity index is 982. The summed E-state index contributed by atoms with van der Waals surface area (Å²) in [5.74, 6) is -0.203. The average molecular weight is 323 g/mol. The fourth-order valence-corrected chi connectivity index (χ4v) is 3.42. The first-order chi connectivity index (χ1) is 11.2. The third-order valence-electron chi connectivity index (χ3n) is 3.69. The van der Waals surface area contributed by atoms with Crippen LogP contribution in [0.4, 0.5) is 0 Å². The lowest BCUT2D eigenvalue weighted by atomic mass is 10.1. The molecular formula is C18H13NO3S. The standard InChI is InChI=1S/C18H13NO3S/c1-11-12-6-2-4-8-14(12)22-17(11)18(20)21-10-16-19-13-7-3-5-9-15(13)23-16/h2-9H,10H2,1H3. The molecule has 4 nitrogen and oxygen atoms in total. The molecule has 0 saturated carbocycles. The summed E-state index contributed by atoms with van der Waals surface area (Å²) in [4.78, 5) is 16.7. The Hall–Kier alpha value is -2.66. The summed E-state index contributed by atoms with van der Waals surface area (Å²) in [6.07, 6.45) is 0. The summed E-state index contributed by atoms with van der Waals surface area (Å²) < 4.78 is 12.1. The van der Waals surface area contributed by atoms with Crippen LogP contribution in [0.5, 0.6) is 0 Å². The number of nitrogens with zero attached hydrogens (tertiary/aromatic N) is 1. The minimum absolute atomic E-state index is 0.147. The van der Waals surface area contributed by atoms with E-state index in [-0.39, 0.29) is 12.4 Å². The van der Waals surface area contributed by atoms with Crippen LogP contribution in [0.2, 0.25) is 0 Å². The Kier molecular flexibility index (Phi) is 3.35. The number of benzene rings is 2. The molecule has 0 N–H and O–H groups in total. The second-order valence-corrected chi connectivity index (χ2v) is 6.32. The Morgan fingerprint density at radius 1 is 1.17 bits per heavy atom. The molecule has 0 radical (unpaired) electrons. The Morgan fingerprint density at radius 2 is 1.96 bits per heavy atom. The van der Waals surface area contributed by atoms with Gasteiger partial charge in [0.15, 0.2) is 0 Å². The van der Waals surface area contributed by atoms with Gasteiger partial charge in [-0.1, -0.05) is 30.3 Å². The van der Waals surface area contributed by atoms with Gasteiger partial charge in [0.1, 0.15) is 17.2 Å². The van der Waals surface area contributed by atoms with Gasteiger partial charge < -0.3 is 9.15 Å². The number of rotatable bonds is 3. The molecule has 4 rings (SSSR count). The molecule has 2 aromatic carbocycles. The molecule has 2 aromatic heterocycles. The van der Waals surface area contributed by atoms with Crippen molar-refractivity contribution in [3.05, 3.63) is 64.9 Å². The maximum Gasteiger partial charge on any atom is 0.374 e. The van der Waals surface area contributed by atoms with E-state index in [4.69, 9.17) is 9.15 Å². The zero-order valence-corrected chi connectivity index (χ0v) is 13.2. The van der Waals surface area contributed by atoms with Crippen molar-refractivity contribution in [1.82, 2.24) is 4.98 Å².